The maximum absolute atomic E-state index is 6.94. The van der Waals surface area contributed by atoms with E-state index in [0.717, 1.165) is 33.6 Å². The van der Waals surface area contributed by atoms with E-state index in [-0.39, 0.29) is 10.8 Å². The molecule has 0 radical (unpaired) electrons. The van der Waals surface area contributed by atoms with Crippen LogP contribution in [0.1, 0.15) is 49.9 Å². The van der Waals surface area contributed by atoms with Gasteiger partial charge in [-0.2, -0.15) is 0 Å². The Bertz CT molecular complexity index is 2780. The molecule has 3 heteroatoms. The fourth-order valence-corrected chi connectivity index (χ4v) is 11.0. The summed E-state index contributed by atoms with van der Waals surface area (Å²) in [5.74, 6) is 0. The van der Waals surface area contributed by atoms with Gasteiger partial charge in [0.05, 0.1) is 13.8 Å². The summed E-state index contributed by atoms with van der Waals surface area (Å²) in [6.07, 6.45) is 0. The molecule has 0 N–H and O–H groups in total. The van der Waals surface area contributed by atoms with Gasteiger partial charge >= 0.3 is 0 Å². The summed E-state index contributed by atoms with van der Waals surface area (Å²) >= 11 is 0. The van der Waals surface area contributed by atoms with Gasteiger partial charge in [-0.15, -0.1) is 0 Å². The van der Waals surface area contributed by atoms with Crippen molar-refractivity contribution in [1.82, 2.24) is 0 Å². The molecule has 2 nitrogen and oxygen atoms in total. The average molecular weight is 690 g/mol. The largest absolute Gasteiger partial charge is 0.454 e. The van der Waals surface area contributed by atoms with Crippen LogP contribution in [0.2, 0.25) is 19.6 Å². The van der Waals surface area contributed by atoms with Crippen LogP contribution in [-0.4, -0.2) is 8.07 Å². The van der Waals surface area contributed by atoms with Crippen molar-refractivity contribution in [3.63, 3.8) is 0 Å². The van der Waals surface area contributed by atoms with Crippen LogP contribution in [0.3, 0.4) is 0 Å². The SMILES string of the molecule is CC1(C)c2ccccc2-c2cc3c(cc21)-c1ccc2cc(N(c4ccccc4)c4cccc5c4oc4c([Si](C)(C)C)cccc45)ccc2c1C3(C)C. The van der Waals surface area contributed by atoms with Crippen LogP contribution in [-0.2, 0) is 10.8 Å². The maximum Gasteiger partial charge on any atom is 0.159 e. The Kier molecular flexibility index (Phi) is 6.38. The average Bonchev–Trinajstić information content (AvgIpc) is 3.71. The third-order valence-electron chi connectivity index (χ3n) is 12.1. The molecule has 0 aliphatic heterocycles. The standard InChI is InChI=1S/C49H43NOSi/c1-48(2)40-20-12-11-17-34(40)38-28-42-39(29-41(38)48)35-25-23-30-27-32(24-26-33(30)45(35)49(42,3)4)50(31-15-9-8-10-16-31)43-21-13-18-36-37-19-14-22-44(52(5,6)7)47(37)51-46(36)43/h8-29H,1-7H3. The number of hydrogen-bond acceptors (Lipinski definition) is 2. The Morgan fingerprint density at radius 1 is 0.481 bits per heavy atom. The van der Waals surface area contributed by atoms with Crippen molar-refractivity contribution in [3.05, 3.63) is 156 Å². The minimum atomic E-state index is -1.64. The van der Waals surface area contributed by atoms with Crippen LogP contribution < -0.4 is 10.1 Å². The summed E-state index contributed by atoms with van der Waals surface area (Å²) in [6.45, 7) is 16.8. The lowest BCUT2D eigenvalue weighted by molar-refractivity contribution is 0.654. The highest BCUT2D eigenvalue weighted by atomic mass is 28.3. The van der Waals surface area contributed by atoms with E-state index < -0.39 is 8.07 Å². The molecule has 0 amide bonds. The molecule has 52 heavy (non-hydrogen) atoms. The molecule has 0 unspecified atom stereocenters. The van der Waals surface area contributed by atoms with Crippen LogP contribution in [0.15, 0.2) is 138 Å². The monoisotopic (exact) mass is 689 g/mol. The zero-order valence-corrected chi connectivity index (χ0v) is 32.1. The quantitative estimate of drug-likeness (QED) is 0.171. The van der Waals surface area contributed by atoms with E-state index in [1.807, 2.05) is 0 Å². The van der Waals surface area contributed by atoms with Gasteiger partial charge in [0.1, 0.15) is 5.58 Å². The van der Waals surface area contributed by atoms with E-state index in [1.165, 1.54) is 65.9 Å². The first kappa shape index (κ1) is 31.4. The van der Waals surface area contributed by atoms with E-state index in [4.69, 9.17) is 4.42 Å². The van der Waals surface area contributed by atoms with E-state index in [1.54, 1.807) is 0 Å². The maximum atomic E-state index is 6.94. The predicted molar refractivity (Wildman–Crippen MR) is 224 cm³/mol. The minimum Gasteiger partial charge on any atom is -0.454 e. The van der Waals surface area contributed by atoms with Crippen molar-refractivity contribution < 1.29 is 4.42 Å². The van der Waals surface area contributed by atoms with Gasteiger partial charge in [-0.25, -0.2) is 0 Å². The van der Waals surface area contributed by atoms with Crippen molar-refractivity contribution in [2.75, 3.05) is 4.90 Å². The molecule has 254 valence electrons. The normalized spacial score (nSPS) is 15.1. The molecule has 0 fully saturated rings. The summed E-state index contributed by atoms with van der Waals surface area (Å²) in [5.41, 5.74) is 16.3. The van der Waals surface area contributed by atoms with Gasteiger partial charge in [0.15, 0.2) is 5.58 Å². The number of benzene rings is 7. The molecule has 0 atom stereocenters. The number of nitrogens with zero attached hydrogens (tertiary/aromatic N) is 1. The first-order valence-electron chi connectivity index (χ1n) is 18.6. The highest BCUT2D eigenvalue weighted by Gasteiger charge is 2.42. The molecule has 0 bridgehead atoms. The highest BCUT2D eigenvalue weighted by Crippen LogP contribution is 2.57. The zero-order valence-electron chi connectivity index (χ0n) is 31.1. The second kappa shape index (κ2) is 10.6. The highest BCUT2D eigenvalue weighted by molar-refractivity contribution is 6.90. The predicted octanol–water partition coefficient (Wildman–Crippen LogP) is 13.4. The molecule has 7 aromatic carbocycles. The molecule has 10 rings (SSSR count). The molecule has 0 saturated carbocycles. The van der Waals surface area contributed by atoms with Gasteiger partial charge in [0.25, 0.3) is 0 Å². The lowest BCUT2D eigenvalue weighted by atomic mass is 9.78. The molecule has 1 heterocycles. The molecule has 2 aliphatic rings. The Morgan fingerprint density at radius 3 is 1.92 bits per heavy atom. The molecule has 2 aliphatic carbocycles. The van der Waals surface area contributed by atoms with E-state index >= 15 is 0 Å². The summed E-state index contributed by atoms with van der Waals surface area (Å²) in [6, 6.07) is 49.7. The van der Waals surface area contributed by atoms with Gasteiger partial charge in [-0.1, -0.05) is 138 Å². The van der Waals surface area contributed by atoms with Gasteiger partial charge in [0.2, 0.25) is 0 Å². The van der Waals surface area contributed by atoms with Crippen LogP contribution in [0, 0.1) is 0 Å². The van der Waals surface area contributed by atoms with E-state index in [0.29, 0.717) is 0 Å². The smallest absolute Gasteiger partial charge is 0.159 e. The van der Waals surface area contributed by atoms with Gasteiger partial charge in [0, 0.05) is 33.0 Å². The third kappa shape index (κ3) is 4.23. The van der Waals surface area contributed by atoms with Crippen molar-refractivity contribution in [1.29, 1.82) is 0 Å². The number of furan rings is 1. The summed E-state index contributed by atoms with van der Waals surface area (Å²) < 4.78 is 6.94. The Morgan fingerprint density at radius 2 is 1.15 bits per heavy atom. The topological polar surface area (TPSA) is 16.4 Å². The number of anilines is 3. The number of hydrogen-bond donors (Lipinski definition) is 0. The first-order valence-corrected chi connectivity index (χ1v) is 22.1. The van der Waals surface area contributed by atoms with E-state index in [2.05, 4.69) is 186 Å². The van der Waals surface area contributed by atoms with Crippen molar-refractivity contribution in [2.45, 2.75) is 58.2 Å². The van der Waals surface area contributed by atoms with E-state index in [9.17, 15) is 0 Å². The second-order valence-electron chi connectivity index (χ2n) is 17.0. The fraction of sp³-hybridized carbons (Fsp3) is 0.184. The Balaban J connectivity index is 1.15. The Hall–Kier alpha value is -5.38. The lowest BCUT2D eigenvalue weighted by Gasteiger charge is -2.27. The number of fused-ring (bicyclic) bond motifs is 11. The molecule has 1 aromatic heterocycles. The summed E-state index contributed by atoms with van der Waals surface area (Å²) in [4.78, 5) is 2.37. The van der Waals surface area contributed by atoms with Crippen LogP contribution >= 0.6 is 0 Å². The van der Waals surface area contributed by atoms with Crippen molar-refractivity contribution >= 4 is 63.0 Å². The van der Waals surface area contributed by atoms with Crippen LogP contribution in [0.5, 0.6) is 0 Å². The summed E-state index contributed by atoms with van der Waals surface area (Å²) in [7, 11) is -1.64. The lowest BCUT2D eigenvalue weighted by Crippen LogP contribution is -2.37. The molecule has 8 aromatic rings. The molecule has 0 saturated heterocycles. The minimum absolute atomic E-state index is 0.0283. The number of para-hydroxylation sites is 3. The zero-order chi connectivity index (χ0) is 35.7. The van der Waals surface area contributed by atoms with Gasteiger partial charge in [-0.05, 0) is 103 Å². The first-order chi connectivity index (χ1) is 24.9. The third-order valence-corrected chi connectivity index (χ3v) is 14.1. The van der Waals surface area contributed by atoms with Crippen molar-refractivity contribution in [3.8, 4) is 22.3 Å². The number of rotatable bonds is 4. The molecule has 0 spiro atoms. The second-order valence-corrected chi connectivity index (χ2v) is 22.0. The van der Waals surface area contributed by atoms with Crippen LogP contribution in [0.25, 0.3) is 55.0 Å². The van der Waals surface area contributed by atoms with Gasteiger partial charge in [-0.3, -0.25) is 0 Å². The molecular weight excluding hydrogens is 647 g/mol. The van der Waals surface area contributed by atoms with Crippen molar-refractivity contribution in [2.24, 2.45) is 0 Å². The summed E-state index contributed by atoms with van der Waals surface area (Å²) in [5, 5.41) is 6.27. The fourth-order valence-electron chi connectivity index (χ4n) is 9.55. The molecular formula is C49H43NOSi. The van der Waals surface area contributed by atoms with Gasteiger partial charge < -0.3 is 9.32 Å². The van der Waals surface area contributed by atoms with Crippen LogP contribution in [0.4, 0.5) is 17.1 Å². The Labute approximate surface area is 307 Å².